The summed E-state index contributed by atoms with van der Waals surface area (Å²) in [5.74, 6) is 0.573. The van der Waals surface area contributed by atoms with Crippen LogP contribution in [0.25, 0.3) is 0 Å². The zero-order valence-corrected chi connectivity index (χ0v) is 11.1. The standard InChI is InChI=1S/C15H12N4O2/c16-11-4-8-6-15(7-9(8)5-12(11)19-21)10-2-1-3-17-13(10)18-14(15)20/h1-5H,6-7,16H2,(H,17,18,20). The van der Waals surface area contributed by atoms with Crippen molar-refractivity contribution < 1.29 is 4.79 Å². The van der Waals surface area contributed by atoms with E-state index in [1.54, 1.807) is 18.3 Å². The van der Waals surface area contributed by atoms with E-state index in [-0.39, 0.29) is 11.6 Å². The molecule has 4 rings (SSSR count). The zero-order chi connectivity index (χ0) is 14.6. The third-order valence-electron chi connectivity index (χ3n) is 4.42. The van der Waals surface area contributed by atoms with Gasteiger partial charge in [-0.25, -0.2) is 4.98 Å². The van der Waals surface area contributed by atoms with Gasteiger partial charge in [0.2, 0.25) is 5.91 Å². The minimum absolute atomic E-state index is 0.0495. The van der Waals surface area contributed by atoms with E-state index in [2.05, 4.69) is 15.5 Å². The number of hydrogen-bond acceptors (Lipinski definition) is 5. The molecule has 3 N–H and O–H groups in total. The van der Waals surface area contributed by atoms with Crippen molar-refractivity contribution in [1.29, 1.82) is 0 Å². The number of fused-ring (bicyclic) bond motifs is 3. The highest BCUT2D eigenvalue weighted by Crippen LogP contribution is 2.47. The molecule has 0 saturated heterocycles. The van der Waals surface area contributed by atoms with Crippen LogP contribution in [0.3, 0.4) is 0 Å². The van der Waals surface area contributed by atoms with Crippen molar-refractivity contribution in [2.75, 3.05) is 11.1 Å². The van der Waals surface area contributed by atoms with Gasteiger partial charge in [0, 0.05) is 11.8 Å². The van der Waals surface area contributed by atoms with E-state index in [0.29, 0.717) is 24.3 Å². The third-order valence-corrected chi connectivity index (χ3v) is 4.42. The number of nitrogens with one attached hydrogen (secondary N) is 1. The first-order valence-corrected chi connectivity index (χ1v) is 6.66. The van der Waals surface area contributed by atoms with Crippen molar-refractivity contribution in [3.05, 3.63) is 52.1 Å². The molecule has 2 heterocycles. The van der Waals surface area contributed by atoms with Crippen molar-refractivity contribution in [2.45, 2.75) is 18.3 Å². The summed E-state index contributed by atoms with van der Waals surface area (Å²) in [4.78, 5) is 27.5. The van der Waals surface area contributed by atoms with Crippen molar-refractivity contribution in [3.8, 4) is 0 Å². The Morgan fingerprint density at radius 1 is 1.29 bits per heavy atom. The van der Waals surface area contributed by atoms with E-state index in [1.807, 2.05) is 12.1 Å². The zero-order valence-electron chi connectivity index (χ0n) is 11.1. The molecule has 2 aliphatic rings. The van der Waals surface area contributed by atoms with E-state index < -0.39 is 5.41 Å². The number of aromatic nitrogens is 1. The first kappa shape index (κ1) is 12.0. The van der Waals surface area contributed by atoms with Crippen LogP contribution in [0.15, 0.2) is 35.6 Å². The summed E-state index contributed by atoms with van der Waals surface area (Å²) in [7, 11) is 0. The molecule has 1 aromatic heterocycles. The summed E-state index contributed by atoms with van der Waals surface area (Å²) in [6.07, 6.45) is 2.76. The van der Waals surface area contributed by atoms with Gasteiger partial charge in [-0.1, -0.05) is 6.07 Å². The number of carbonyl (C=O) groups excluding carboxylic acids is 1. The van der Waals surface area contributed by atoms with Crippen molar-refractivity contribution in [1.82, 2.24) is 4.98 Å². The van der Waals surface area contributed by atoms with Crippen molar-refractivity contribution in [2.24, 2.45) is 5.18 Å². The second-order valence-electron chi connectivity index (χ2n) is 5.56. The van der Waals surface area contributed by atoms with Crippen LogP contribution in [-0.4, -0.2) is 10.9 Å². The average molecular weight is 280 g/mol. The maximum absolute atomic E-state index is 12.5. The molecule has 0 bridgehead atoms. The number of amides is 1. The third kappa shape index (κ3) is 1.47. The number of benzene rings is 1. The van der Waals surface area contributed by atoms with Crippen LogP contribution >= 0.6 is 0 Å². The van der Waals surface area contributed by atoms with Crippen LogP contribution in [0.1, 0.15) is 16.7 Å². The Morgan fingerprint density at radius 3 is 2.81 bits per heavy atom. The van der Waals surface area contributed by atoms with Gasteiger partial charge >= 0.3 is 0 Å². The second-order valence-corrected chi connectivity index (χ2v) is 5.56. The molecule has 21 heavy (non-hydrogen) atoms. The minimum Gasteiger partial charge on any atom is -0.397 e. The van der Waals surface area contributed by atoms with Gasteiger partial charge in [-0.2, -0.15) is 0 Å². The smallest absolute Gasteiger partial charge is 0.237 e. The van der Waals surface area contributed by atoms with Gasteiger partial charge in [0.05, 0.1) is 11.1 Å². The quantitative estimate of drug-likeness (QED) is 0.617. The van der Waals surface area contributed by atoms with E-state index in [4.69, 9.17) is 5.73 Å². The van der Waals surface area contributed by atoms with Crippen LogP contribution in [0.5, 0.6) is 0 Å². The predicted octanol–water partition coefficient (Wildman–Crippen LogP) is 2.05. The highest BCUT2D eigenvalue weighted by Gasteiger charge is 2.51. The SMILES string of the molecule is Nc1cc2c(cc1N=O)CC1(C2)C(=O)Nc2ncccc21. The van der Waals surface area contributed by atoms with Gasteiger partial charge in [-0.3, -0.25) is 4.79 Å². The van der Waals surface area contributed by atoms with E-state index in [9.17, 15) is 9.70 Å². The Hall–Kier alpha value is -2.76. The average Bonchev–Trinajstić information content (AvgIpc) is 2.97. The van der Waals surface area contributed by atoms with Gasteiger partial charge < -0.3 is 11.1 Å². The molecular weight excluding hydrogens is 268 g/mol. The Labute approximate surface area is 120 Å². The minimum atomic E-state index is -0.639. The molecular formula is C15H12N4O2. The topological polar surface area (TPSA) is 97.4 Å². The van der Waals surface area contributed by atoms with Crippen molar-refractivity contribution in [3.63, 3.8) is 0 Å². The van der Waals surface area contributed by atoms with Crippen LogP contribution in [-0.2, 0) is 23.1 Å². The van der Waals surface area contributed by atoms with Crippen molar-refractivity contribution >= 4 is 23.1 Å². The summed E-state index contributed by atoms with van der Waals surface area (Å²) >= 11 is 0. The molecule has 1 unspecified atom stereocenters. The van der Waals surface area contributed by atoms with Crippen LogP contribution < -0.4 is 11.1 Å². The Kier molecular flexibility index (Phi) is 2.22. The first-order chi connectivity index (χ1) is 10.1. The summed E-state index contributed by atoms with van der Waals surface area (Å²) in [5, 5.41) is 5.78. The van der Waals surface area contributed by atoms with E-state index >= 15 is 0 Å². The van der Waals surface area contributed by atoms with Crippen LogP contribution in [0.2, 0.25) is 0 Å². The molecule has 0 radical (unpaired) electrons. The number of nitrogen functional groups attached to an aromatic ring is 1. The number of anilines is 2. The van der Waals surface area contributed by atoms with E-state index in [0.717, 1.165) is 16.7 Å². The number of pyridine rings is 1. The summed E-state index contributed by atoms with van der Waals surface area (Å²) < 4.78 is 0. The fourth-order valence-electron chi connectivity index (χ4n) is 3.41. The molecule has 1 amide bonds. The van der Waals surface area contributed by atoms with Crippen LogP contribution in [0.4, 0.5) is 17.2 Å². The highest BCUT2D eigenvalue weighted by atomic mass is 16.3. The molecule has 6 nitrogen and oxygen atoms in total. The molecule has 1 aliphatic carbocycles. The maximum atomic E-state index is 12.5. The summed E-state index contributed by atoms with van der Waals surface area (Å²) in [6.45, 7) is 0. The second kappa shape index (κ2) is 3.88. The lowest BCUT2D eigenvalue weighted by Crippen LogP contribution is -2.35. The fourth-order valence-corrected chi connectivity index (χ4v) is 3.41. The lowest BCUT2D eigenvalue weighted by molar-refractivity contribution is -0.120. The molecule has 1 aromatic carbocycles. The van der Waals surface area contributed by atoms with Gasteiger partial charge in [0.1, 0.15) is 11.5 Å². The Balaban J connectivity index is 1.87. The molecule has 1 aliphatic heterocycles. The molecule has 0 fully saturated rings. The Morgan fingerprint density at radius 2 is 2.05 bits per heavy atom. The number of nitroso groups, excluding NO2 is 1. The molecule has 1 atom stereocenters. The molecule has 1 spiro atoms. The maximum Gasteiger partial charge on any atom is 0.237 e. The molecule has 104 valence electrons. The Bertz CT molecular complexity index is 802. The molecule has 0 saturated carbocycles. The fraction of sp³-hybridized carbons (Fsp3) is 0.200. The highest BCUT2D eigenvalue weighted by molar-refractivity contribution is 6.06. The lowest BCUT2D eigenvalue weighted by atomic mass is 9.79. The number of hydrogen-bond donors (Lipinski definition) is 2. The summed E-state index contributed by atoms with van der Waals surface area (Å²) in [6, 6.07) is 7.20. The number of rotatable bonds is 1. The van der Waals surface area contributed by atoms with Crippen LogP contribution in [0, 0.1) is 4.91 Å². The number of carbonyl (C=O) groups is 1. The predicted molar refractivity (Wildman–Crippen MR) is 78.3 cm³/mol. The van der Waals surface area contributed by atoms with Gasteiger partial charge in [0.25, 0.3) is 0 Å². The normalized spacial score (nSPS) is 22.0. The number of nitrogens with zero attached hydrogens (tertiary/aromatic N) is 2. The summed E-state index contributed by atoms with van der Waals surface area (Å²) in [5.41, 5.74) is 8.61. The largest absolute Gasteiger partial charge is 0.397 e. The van der Waals surface area contributed by atoms with Gasteiger partial charge in [-0.05, 0) is 47.3 Å². The molecule has 6 heteroatoms. The van der Waals surface area contributed by atoms with E-state index in [1.165, 1.54) is 0 Å². The molecule has 2 aromatic rings. The van der Waals surface area contributed by atoms with Gasteiger partial charge in [-0.15, -0.1) is 4.91 Å². The monoisotopic (exact) mass is 280 g/mol. The van der Waals surface area contributed by atoms with Gasteiger partial charge in [0.15, 0.2) is 0 Å². The first-order valence-electron chi connectivity index (χ1n) is 6.66. The lowest BCUT2D eigenvalue weighted by Gasteiger charge is -2.20. The number of nitrogens with two attached hydrogens (primary N) is 1.